The summed E-state index contributed by atoms with van der Waals surface area (Å²) in [5, 5.41) is 2.54. The molecule has 2 aliphatic heterocycles. The van der Waals surface area contributed by atoms with Gasteiger partial charge in [0.1, 0.15) is 5.69 Å². The molecule has 1 saturated heterocycles. The van der Waals surface area contributed by atoms with E-state index in [0.29, 0.717) is 0 Å². The van der Waals surface area contributed by atoms with Gasteiger partial charge in [-0.15, -0.1) is 0 Å². The van der Waals surface area contributed by atoms with E-state index in [1.54, 1.807) is 6.92 Å². The molecular formula is C23H23F3N8O4. The second kappa shape index (κ2) is 10.1. The molecule has 1 N–H and O–H groups in total. The summed E-state index contributed by atoms with van der Waals surface area (Å²) in [5.41, 5.74) is -0.638. The lowest BCUT2D eigenvalue weighted by Gasteiger charge is -2.40. The van der Waals surface area contributed by atoms with Crippen molar-refractivity contribution in [1.29, 1.82) is 0 Å². The van der Waals surface area contributed by atoms with Crippen LogP contribution in [0.3, 0.4) is 0 Å². The van der Waals surface area contributed by atoms with Gasteiger partial charge in [0.25, 0.3) is 5.91 Å². The number of hydrogen-bond donors (Lipinski definition) is 1. The summed E-state index contributed by atoms with van der Waals surface area (Å²) in [7, 11) is 1.45. The zero-order valence-corrected chi connectivity index (χ0v) is 20.6. The van der Waals surface area contributed by atoms with E-state index in [0.717, 1.165) is 11.1 Å². The fraction of sp³-hybridized carbons (Fsp3) is 0.391. The largest absolute Gasteiger partial charge is 0.433 e. The summed E-state index contributed by atoms with van der Waals surface area (Å²) < 4.78 is 39.0. The normalized spacial score (nSPS) is 19.2. The smallest absolute Gasteiger partial charge is 0.338 e. The zero-order chi connectivity index (χ0) is 27.8. The minimum Gasteiger partial charge on any atom is -0.338 e. The number of aryl methyl sites for hydroxylation is 1. The molecule has 2 unspecified atom stereocenters. The number of likely N-dealkylation sites (N-methyl/N-ethyl adjacent to an activating group) is 1. The van der Waals surface area contributed by atoms with Crippen molar-refractivity contribution in [2.24, 2.45) is 4.99 Å². The average molecular weight is 532 g/mol. The van der Waals surface area contributed by atoms with E-state index in [4.69, 9.17) is 0 Å². The van der Waals surface area contributed by atoms with Crippen molar-refractivity contribution >= 4 is 35.8 Å². The summed E-state index contributed by atoms with van der Waals surface area (Å²) in [6, 6.07) is -0.373. The van der Waals surface area contributed by atoms with Crippen LogP contribution in [0.1, 0.15) is 24.6 Å². The third kappa shape index (κ3) is 5.17. The van der Waals surface area contributed by atoms with Gasteiger partial charge in [-0.25, -0.2) is 14.8 Å². The number of amides is 4. The molecule has 0 saturated carbocycles. The SMILES string of the molecule is CCC(=O)CN1C(=O)C2C(N=CN2CC(=O)Nc2cncc(-c3cnc(C(F)(F)F)c(C)c3)n2)N(C)C1=O. The molecule has 1 fully saturated rings. The molecule has 2 aromatic rings. The number of imide groups is 1. The maximum Gasteiger partial charge on any atom is 0.433 e. The van der Waals surface area contributed by atoms with Crippen LogP contribution in [-0.4, -0.2) is 92.0 Å². The van der Waals surface area contributed by atoms with Gasteiger partial charge in [-0.3, -0.25) is 29.3 Å². The Bertz CT molecular complexity index is 1330. The fourth-order valence-electron chi connectivity index (χ4n) is 4.12. The molecule has 2 aliphatic rings. The van der Waals surface area contributed by atoms with E-state index < -0.39 is 41.9 Å². The molecule has 0 spiro atoms. The van der Waals surface area contributed by atoms with Crippen molar-refractivity contribution in [3.05, 3.63) is 35.9 Å². The highest BCUT2D eigenvalue weighted by atomic mass is 19.4. The predicted molar refractivity (Wildman–Crippen MR) is 127 cm³/mol. The summed E-state index contributed by atoms with van der Waals surface area (Å²) >= 11 is 0. The number of pyridine rings is 1. The van der Waals surface area contributed by atoms with Gasteiger partial charge in [-0.2, -0.15) is 13.2 Å². The number of carbonyl (C=O) groups excluding carboxylic acids is 4. The van der Waals surface area contributed by atoms with Gasteiger partial charge in [0.2, 0.25) is 5.91 Å². The van der Waals surface area contributed by atoms with E-state index in [1.807, 2.05) is 0 Å². The van der Waals surface area contributed by atoms with Gasteiger partial charge in [0.15, 0.2) is 23.8 Å². The van der Waals surface area contributed by atoms with E-state index in [2.05, 4.69) is 25.3 Å². The molecule has 15 heteroatoms. The Morgan fingerprint density at radius 1 is 1.13 bits per heavy atom. The molecular weight excluding hydrogens is 509 g/mol. The van der Waals surface area contributed by atoms with Gasteiger partial charge in [-0.1, -0.05) is 6.92 Å². The highest BCUT2D eigenvalue weighted by Gasteiger charge is 2.50. The second-order valence-corrected chi connectivity index (χ2v) is 8.73. The average Bonchev–Trinajstić information content (AvgIpc) is 3.28. The summed E-state index contributed by atoms with van der Waals surface area (Å²) in [6.45, 7) is 2.19. The van der Waals surface area contributed by atoms with Crippen LogP contribution in [0.2, 0.25) is 0 Å². The Kier molecular flexibility index (Phi) is 7.11. The number of aromatic nitrogens is 3. The van der Waals surface area contributed by atoms with Crippen molar-refractivity contribution in [2.75, 3.05) is 25.5 Å². The topological polar surface area (TPSA) is 141 Å². The number of Topliss-reactive ketones (excluding diaryl/α,β-unsaturated/α-hetero) is 1. The Morgan fingerprint density at radius 2 is 1.87 bits per heavy atom. The number of nitrogens with zero attached hydrogens (tertiary/aromatic N) is 7. The lowest BCUT2D eigenvalue weighted by atomic mass is 10.1. The van der Waals surface area contributed by atoms with Crippen LogP contribution >= 0.6 is 0 Å². The van der Waals surface area contributed by atoms with Gasteiger partial charge in [0.05, 0.1) is 37.5 Å². The third-order valence-electron chi connectivity index (χ3n) is 6.06. The summed E-state index contributed by atoms with van der Waals surface area (Å²) in [6.07, 6.45) is -0.408. The molecule has 0 aromatic carbocycles. The molecule has 0 bridgehead atoms. The fourth-order valence-corrected chi connectivity index (χ4v) is 4.12. The molecule has 4 rings (SSSR count). The Labute approximate surface area is 214 Å². The predicted octanol–water partition coefficient (Wildman–Crippen LogP) is 1.72. The molecule has 2 atom stereocenters. The number of urea groups is 1. The first-order valence-electron chi connectivity index (χ1n) is 11.5. The lowest BCUT2D eigenvalue weighted by Crippen LogP contribution is -2.65. The van der Waals surface area contributed by atoms with Crippen LogP contribution in [0.15, 0.2) is 29.6 Å². The van der Waals surface area contributed by atoms with Crippen LogP contribution in [0.25, 0.3) is 11.3 Å². The second-order valence-electron chi connectivity index (χ2n) is 8.73. The third-order valence-corrected chi connectivity index (χ3v) is 6.06. The Balaban J connectivity index is 1.46. The molecule has 4 heterocycles. The number of hydrogen-bond acceptors (Lipinski definition) is 9. The minimum absolute atomic E-state index is 0.0233. The molecule has 38 heavy (non-hydrogen) atoms. The standard InChI is InChI=1S/C23H23F3N8O4/c1-4-14(35)9-34-21(37)18-20(32(3)22(34)38)29-11-33(18)10-17(36)31-16-8-27-7-15(30-16)13-5-12(2)19(28-6-13)23(24,25)26/h5-8,11,18,20H,4,9-10H2,1-3H3,(H,30,31,36). The van der Waals surface area contributed by atoms with Crippen molar-refractivity contribution in [2.45, 2.75) is 38.7 Å². The molecule has 0 radical (unpaired) electrons. The van der Waals surface area contributed by atoms with E-state index in [9.17, 15) is 32.3 Å². The number of aliphatic imine (C=N–C) groups is 1. The van der Waals surface area contributed by atoms with Crippen LogP contribution in [0.4, 0.5) is 23.8 Å². The number of carbonyl (C=O) groups is 4. The van der Waals surface area contributed by atoms with E-state index >= 15 is 0 Å². The first-order chi connectivity index (χ1) is 17.9. The number of halogens is 3. The first-order valence-corrected chi connectivity index (χ1v) is 11.5. The molecule has 12 nitrogen and oxygen atoms in total. The summed E-state index contributed by atoms with van der Waals surface area (Å²) in [4.78, 5) is 69.6. The van der Waals surface area contributed by atoms with Gasteiger partial charge < -0.3 is 15.1 Å². The van der Waals surface area contributed by atoms with Gasteiger partial charge in [0, 0.05) is 25.2 Å². The number of fused-ring (bicyclic) bond motifs is 1. The molecule has 4 amide bonds. The maximum atomic E-state index is 13.1. The Morgan fingerprint density at radius 3 is 2.53 bits per heavy atom. The molecule has 2 aromatic heterocycles. The van der Waals surface area contributed by atoms with Crippen LogP contribution in [0.5, 0.6) is 0 Å². The van der Waals surface area contributed by atoms with Crippen LogP contribution < -0.4 is 5.32 Å². The first kappa shape index (κ1) is 26.6. The quantitative estimate of drug-likeness (QED) is 0.568. The lowest BCUT2D eigenvalue weighted by molar-refractivity contribution is -0.142. The van der Waals surface area contributed by atoms with Crippen LogP contribution in [0, 0.1) is 6.92 Å². The number of nitrogens with one attached hydrogen (secondary N) is 1. The molecule has 200 valence electrons. The number of anilines is 1. The molecule has 0 aliphatic carbocycles. The highest BCUT2D eigenvalue weighted by molar-refractivity contribution is 6.05. The maximum absolute atomic E-state index is 13.1. The van der Waals surface area contributed by atoms with Crippen molar-refractivity contribution in [1.82, 2.24) is 29.7 Å². The highest BCUT2D eigenvalue weighted by Crippen LogP contribution is 2.31. The summed E-state index contributed by atoms with van der Waals surface area (Å²) in [5.74, 6) is -1.50. The van der Waals surface area contributed by atoms with Crippen molar-refractivity contribution in [3.63, 3.8) is 0 Å². The number of ketones is 1. The van der Waals surface area contributed by atoms with Gasteiger partial charge >= 0.3 is 12.2 Å². The zero-order valence-electron chi connectivity index (χ0n) is 20.6. The number of alkyl halides is 3. The van der Waals surface area contributed by atoms with E-state index in [1.165, 1.54) is 48.6 Å². The minimum atomic E-state index is -4.59. The van der Waals surface area contributed by atoms with Crippen molar-refractivity contribution < 1.29 is 32.3 Å². The number of rotatable bonds is 7. The Hall–Kier alpha value is -4.43. The van der Waals surface area contributed by atoms with Crippen molar-refractivity contribution in [3.8, 4) is 11.3 Å². The van der Waals surface area contributed by atoms with E-state index in [-0.39, 0.29) is 47.9 Å². The van der Waals surface area contributed by atoms with Gasteiger partial charge in [-0.05, 0) is 18.6 Å². The van der Waals surface area contributed by atoms with Crippen LogP contribution in [-0.2, 0) is 20.6 Å². The monoisotopic (exact) mass is 532 g/mol.